The van der Waals surface area contributed by atoms with E-state index < -0.39 is 42.4 Å². The van der Waals surface area contributed by atoms with E-state index in [-0.39, 0.29) is 63.0 Å². The van der Waals surface area contributed by atoms with Crippen LogP contribution in [0.5, 0.6) is 0 Å². The number of imidazole rings is 1. The van der Waals surface area contributed by atoms with Gasteiger partial charge in [0, 0.05) is 57.4 Å². The summed E-state index contributed by atoms with van der Waals surface area (Å²) in [5.74, 6) is -5.18. The molecule has 5 rings (SSSR count). The van der Waals surface area contributed by atoms with Crippen molar-refractivity contribution in [3.63, 3.8) is 0 Å². The molecule has 41 heavy (non-hydrogen) atoms. The molecule has 2 aromatic rings. The Balaban J connectivity index is 1.49. The number of nitrogens with zero attached hydrogens (tertiary/aromatic N) is 6. The highest BCUT2D eigenvalue weighted by Gasteiger charge is 2.45. The number of piperazine rings is 1. The number of anilines is 1. The highest BCUT2D eigenvalue weighted by atomic mass is 19.4. The Morgan fingerprint density at radius 3 is 2.61 bits per heavy atom. The second kappa shape index (κ2) is 11.6. The molecule has 2 saturated heterocycles. The predicted molar refractivity (Wildman–Crippen MR) is 139 cm³/mol. The SMILES string of the molecule is CC1CN(c2nc3nc(C(NCO)C4CCC(F)(F)CC4)cn3nc2CC2CC(C(F)(F)F)CNC2=O)CCN1C. The van der Waals surface area contributed by atoms with E-state index in [1.807, 2.05) is 11.9 Å². The van der Waals surface area contributed by atoms with Crippen LogP contribution in [0.3, 0.4) is 0 Å². The third-order valence-corrected chi connectivity index (χ3v) is 8.87. The van der Waals surface area contributed by atoms with Gasteiger partial charge in [-0.2, -0.15) is 23.3 Å². The summed E-state index contributed by atoms with van der Waals surface area (Å²) < 4.78 is 69.6. The van der Waals surface area contributed by atoms with Crippen LogP contribution in [0.15, 0.2) is 6.20 Å². The van der Waals surface area contributed by atoms with Gasteiger partial charge in [0.1, 0.15) is 5.69 Å². The van der Waals surface area contributed by atoms with Crippen molar-refractivity contribution in [1.82, 2.24) is 35.1 Å². The molecule has 0 bridgehead atoms. The maximum Gasteiger partial charge on any atom is 0.393 e. The number of rotatable bonds is 7. The zero-order valence-corrected chi connectivity index (χ0v) is 23.2. The van der Waals surface area contributed by atoms with Crippen molar-refractivity contribution in [2.75, 3.05) is 44.9 Å². The van der Waals surface area contributed by atoms with Gasteiger partial charge < -0.3 is 20.2 Å². The third-order valence-electron chi connectivity index (χ3n) is 8.87. The minimum Gasteiger partial charge on any atom is -0.381 e. The number of fused-ring (bicyclic) bond motifs is 1. The zero-order chi connectivity index (χ0) is 29.5. The summed E-state index contributed by atoms with van der Waals surface area (Å²) >= 11 is 0. The first-order valence-corrected chi connectivity index (χ1v) is 14.1. The molecule has 1 saturated carbocycles. The lowest BCUT2D eigenvalue weighted by molar-refractivity contribution is -0.183. The van der Waals surface area contributed by atoms with Gasteiger partial charge in [-0.1, -0.05) is 0 Å². The highest BCUT2D eigenvalue weighted by molar-refractivity contribution is 5.80. The minimum atomic E-state index is -4.42. The molecule has 2 aliphatic heterocycles. The van der Waals surface area contributed by atoms with Crippen molar-refractivity contribution in [3.05, 3.63) is 17.6 Å². The quantitative estimate of drug-likeness (QED) is 0.335. The largest absolute Gasteiger partial charge is 0.393 e. The fourth-order valence-electron chi connectivity index (χ4n) is 6.21. The molecular weight excluding hydrogens is 551 g/mol. The first kappa shape index (κ1) is 29.8. The number of amides is 1. The normalized spacial score (nSPS) is 27.3. The maximum absolute atomic E-state index is 13.8. The van der Waals surface area contributed by atoms with Gasteiger partial charge in [0.2, 0.25) is 11.8 Å². The first-order valence-electron chi connectivity index (χ1n) is 14.1. The standard InChI is InChI=1S/C26H37F5N8O2/c1-15-12-38(8-7-37(15)2)22-19(10-17-9-18(26(29,30)31)11-32-23(17)41)36-39-13-20(34-24(39)35-22)21(33-14-40)16-3-5-25(27,28)6-4-16/h13,15-18,21,33,40H,3-12,14H2,1-2H3,(H,32,41). The average molecular weight is 589 g/mol. The van der Waals surface area contributed by atoms with Crippen LogP contribution in [0.1, 0.15) is 56.5 Å². The predicted octanol–water partition coefficient (Wildman–Crippen LogP) is 2.53. The van der Waals surface area contributed by atoms with Crippen LogP contribution in [0.4, 0.5) is 27.8 Å². The van der Waals surface area contributed by atoms with Gasteiger partial charge in [0.05, 0.1) is 30.6 Å². The minimum absolute atomic E-state index is 0.0268. The van der Waals surface area contributed by atoms with Gasteiger partial charge in [-0.05, 0) is 39.2 Å². The van der Waals surface area contributed by atoms with E-state index in [2.05, 4.69) is 27.4 Å². The summed E-state index contributed by atoms with van der Waals surface area (Å²) in [7, 11) is 2.01. The number of hydrogen-bond donors (Lipinski definition) is 3. The maximum atomic E-state index is 13.8. The Morgan fingerprint density at radius 1 is 1.22 bits per heavy atom. The lowest BCUT2D eigenvalue weighted by Crippen LogP contribution is -2.51. The molecule has 15 heteroatoms. The molecule has 1 aliphatic carbocycles. The van der Waals surface area contributed by atoms with Crippen molar-refractivity contribution in [1.29, 1.82) is 0 Å². The van der Waals surface area contributed by atoms with Crippen LogP contribution in [-0.2, 0) is 11.2 Å². The van der Waals surface area contributed by atoms with E-state index in [4.69, 9.17) is 10.1 Å². The van der Waals surface area contributed by atoms with Crippen LogP contribution in [0, 0.1) is 17.8 Å². The molecule has 3 fully saturated rings. The summed E-state index contributed by atoms with van der Waals surface area (Å²) in [6, 6.07) is -0.327. The van der Waals surface area contributed by atoms with E-state index in [1.54, 1.807) is 6.20 Å². The van der Waals surface area contributed by atoms with Crippen molar-refractivity contribution in [2.45, 2.75) is 69.6 Å². The van der Waals surface area contributed by atoms with E-state index >= 15 is 0 Å². The Morgan fingerprint density at radius 2 is 1.95 bits per heavy atom. The summed E-state index contributed by atoms with van der Waals surface area (Å²) in [4.78, 5) is 26.3. The number of likely N-dealkylation sites (N-methyl/N-ethyl adjacent to an activating group) is 1. The van der Waals surface area contributed by atoms with Crippen LogP contribution in [-0.4, -0.2) is 93.6 Å². The number of halogens is 5. The number of carbonyl (C=O) groups is 1. The molecule has 3 aliphatic rings. The number of nitrogens with one attached hydrogen (secondary N) is 2. The number of aliphatic hydroxyl groups excluding tert-OH is 1. The molecule has 4 heterocycles. The number of alkyl halides is 5. The van der Waals surface area contributed by atoms with Crippen LogP contribution in [0.25, 0.3) is 5.78 Å². The number of carbonyl (C=O) groups excluding carboxylic acids is 1. The molecule has 228 valence electrons. The summed E-state index contributed by atoms with van der Waals surface area (Å²) in [6.07, 6.45) is -3.15. The van der Waals surface area contributed by atoms with Crippen LogP contribution >= 0.6 is 0 Å². The van der Waals surface area contributed by atoms with Crippen LogP contribution in [0.2, 0.25) is 0 Å². The Hall–Kier alpha value is -2.65. The van der Waals surface area contributed by atoms with Gasteiger partial charge in [-0.3, -0.25) is 10.1 Å². The summed E-state index contributed by atoms with van der Waals surface area (Å²) in [5, 5.41) is 19.7. The van der Waals surface area contributed by atoms with Crippen LogP contribution < -0.4 is 15.5 Å². The third kappa shape index (κ3) is 6.56. The number of aromatic nitrogens is 4. The molecule has 0 spiro atoms. The molecule has 0 radical (unpaired) electrons. The second-order valence-corrected chi connectivity index (χ2v) is 11.7. The fraction of sp³-hybridized carbons (Fsp3) is 0.769. The van der Waals surface area contributed by atoms with E-state index in [9.17, 15) is 31.9 Å². The Kier molecular flexibility index (Phi) is 8.41. The molecule has 4 atom stereocenters. The smallest absolute Gasteiger partial charge is 0.381 e. The summed E-state index contributed by atoms with van der Waals surface area (Å²) in [6.45, 7) is 3.20. The van der Waals surface area contributed by atoms with Gasteiger partial charge in [-0.25, -0.2) is 18.3 Å². The molecule has 2 aromatic heterocycles. The number of hydrogen-bond acceptors (Lipinski definition) is 8. The van der Waals surface area contributed by atoms with E-state index in [0.717, 1.165) is 6.54 Å². The number of aliphatic hydroxyl groups is 1. The number of piperidine rings is 1. The van der Waals surface area contributed by atoms with Gasteiger partial charge in [-0.15, -0.1) is 0 Å². The van der Waals surface area contributed by atoms with Crippen molar-refractivity contribution < 1.29 is 31.9 Å². The van der Waals surface area contributed by atoms with Crippen molar-refractivity contribution >= 4 is 17.5 Å². The Bertz CT molecular complexity index is 1230. The summed E-state index contributed by atoms with van der Waals surface area (Å²) in [5.41, 5.74) is 0.877. The average Bonchev–Trinajstić information content (AvgIpc) is 3.32. The second-order valence-electron chi connectivity index (χ2n) is 11.7. The lowest BCUT2D eigenvalue weighted by Gasteiger charge is -2.39. The van der Waals surface area contributed by atoms with E-state index in [1.165, 1.54) is 4.52 Å². The van der Waals surface area contributed by atoms with Gasteiger partial charge in [0.25, 0.3) is 5.78 Å². The molecule has 10 nitrogen and oxygen atoms in total. The Labute approximate surface area is 234 Å². The van der Waals surface area contributed by atoms with Crippen molar-refractivity contribution in [3.8, 4) is 0 Å². The van der Waals surface area contributed by atoms with Crippen molar-refractivity contribution in [2.24, 2.45) is 17.8 Å². The molecular formula is C26H37F5N8O2. The molecule has 3 N–H and O–H groups in total. The first-order chi connectivity index (χ1) is 19.3. The molecule has 1 amide bonds. The molecule has 4 unspecified atom stereocenters. The van der Waals surface area contributed by atoms with E-state index in [0.29, 0.717) is 30.3 Å². The van der Waals surface area contributed by atoms with Gasteiger partial charge in [0.15, 0.2) is 5.82 Å². The highest BCUT2D eigenvalue weighted by Crippen LogP contribution is 2.41. The zero-order valence-electron chi connectivity index (χ0n) is 23.2. The molecule has 0 aromatic carbocycles. The topological polar surface area (TPSA) is 111 Å². The lowest BCUT2D eigenvalue weighted by atomic mass is 9.81. The fourth-order valence-corrected chi connectivity index (χ4v) is 6.21. The van der Waals surface area contributed by atoms with Gasteiger partial charge >= 0.3 is 6.18 Å². The monoisotopic (exact) mass is 588 g/mol.